The Kier molecular flexibility index (Phi) is 22.3. The Balaban J connectivity index is -0.000000980. The molecule has 4 amide bonds. The van der Waals surface area contributed by atoms with Gasteiger partial charge in [0.25, 0.3) is 0 Å². The molecule has 2 aromatic carbocycles. The molecule has 0 unspecified atom stereocenters. The van der Waals surface area contributed by atoms with Crippen LogP contribution in [0.1, 0.15) is 109 Å². The summed E-state index contributed by atoms with van der Waals surface area (Å²) >= 11 is 0. The van der Waals surface area contributed by atoms with Gasteiger partial charge in [-0.15, -0.1) is 0 Å². The molecule has 23 nitrogen and oxygen atoms in total. The van der Waals surface area contributed by atoms with E-state index in [0.29, 0.717) is 38.8 Å². The Morgan fingerprint density at radius 3 is 1.10 bits per heavy atom. The summed E-state index contributed by atoms with van der Waals surface area (Å²) in [6, 6.07) is 5.02. The minimum Gasteiger partial charge on any atom is -0.478 e. The number of carboxylic acid groups (broad SMARTS) is 4. The van der Waals surface area contributed by atoms with Crippen molar-refractivity contribution in [1.29, 1.82) is 0 Å². The second-order valence-corrected chi connectivity index (χ2v) is 14.4. The zero-order valence-corrected chi connectivity index (χ0v) is 33.1. The van der Waals surface area contributed by atoms with Crippen molar-refractivity contribution in [3.63, 3.8) is 0 Å². The summed E-state index contributed by atoms with van der Waals surface area (Å²) in [7, 11) is 0. The molecule has 4 rings (SSSR count). The first-order valence-corrected chi connectivity index (χ1v) is 16.8. The maximum Gasteiger partial charge on any atom is 0.410 e. The highest BCUT2D eigenvalue weighted by molar-refractivity contribution is 6.06. The molecule has 332 valence electrons. The molecule has 0 radical (unpaired) electrons. The Morgan fingerprint density at radius 1 is 0.542 bits per heavy atom. The number of likely N-dealkylation sites (tertiary alicyclic amines) is 2. The number of carbonyl (C=O) groups is 8. The van der Waals surface area contributed by atoms with Gasteiger partial charge in [-0.05, 0) is 104 Å². The zero-order chi connectivity index (χ0) is 40.7. The van der Waals surface area contributed by atoms with Crippen LogP contribution in [0.3, 0.4) is 0 Å². The van der Waals surface area contributed by atoms with Crippen LogP contribution in [0.15, 0.2) is 36.4 Å². The fourth-order valence-electron chi connectivity index (χ4n) is 5.52. The largest absolute Gasteiger partial charge is 0.478 e. The number of carbonyl (C=O) groups excluding carboxylic acids is 4. The third-order valence-electron chi connectivity index (χ3n) is 7.88. The van der Waals surface area contributed by atoms with E-state index in [0.717, 1.165) is 36.4 Å². The predicted molar refractivity (Wildman–Crippen MR) is 208 cm³/mol. The summed E-state index contributed by atoms with van der Waals surface area (Å²) in [5, 5.41) is 41.6. The average Bonchev–Trinajstić information content (AvgIpc) is 3.74. The van der Waals surface area contributed by atoms with Crippen LogP contribution in [0, 0.1) is 0 Å². The second-order valence-electron chi connectivity index (χ2n) is 14.4. The van der Waals surface area contributed by atoms with Crippen LogP contribution in [0.2, 0.25) is 0 Å². The first-order chi connectivity index (χ1) is 25.0. The highest BCUT2D eigenvalue weighted by Gasteiger charge is 2.38. The van der Waals surface area contributed by atoms with Gasteiger partial charge in [-0.25, -0.2) is 28.8 Å². The van der Waals surface area contributed by atoms with Crippen LogP contribution in [-0.4, -0.2) is 142 Å². The van der Waals surface area contributed by atoms with Gasteiger partial charge in [-0.3, -0.25) is 19.4 Å². The van der Waals surface area contributed by atoms with E-state index in [4.69, 9.17) is 19.7 Å². The summed E-state index contributed by atoms with van der Waals surface area (Å²) < 4.78 is 10.6. The highest BCUT2D eigenvalue weighted by Crippen LogP contribution is 2.26. The molecule has 2 atom stereocenters. The zero-order valence-electron chi connectivity index (χ0n) is 33.1. The van der Waals surface area contributed by atoms with Crippen LogP contribution < -0.4 is 10.6 Å². The molecular weight excluding hydrogens is 792 g/mol. The topological polar surface area (TPSA) is 424 Å². The number of nitrogens with zero attached hydrogens (tertiary/aromatic N) is 2. The molecule has 2 aromatic rings. The summed E-state index contributed by atoms with van der Waals surface area (Å²) in [4.78, 5) is 97.4. The number of hydrogen-bond donors (Lipinski definition) is 6. The summed E-state index contributed by atoms with van der Waals surface area (Å²) in [6.45, 7) is 11.0. The molecule has 0 aromatic heterocycles. The highest BCUT2D eigenvalue weighted by atomic mass is 16.6. The molecule has 0 saturated carbocycles. The van der Waals surface area contributed by atoms with E-state index >= 15 is 0 Å². The minimum absolute atomic E-state index is 0. The van der Waals surface area contributed by atoms with Crippen LogP contribution in [0.4, 0.5) is 21.0 Å². The van der Waals surface area contributed by atoms with Gasteiger partial charge >= 0.3 is 36.1 Å². The van der Waals surface area contributed by atoms with Crippen molar-refractivity contribution in [3.8, 4) is 0 Å². The van der Waals surface area contributed by atoms with Crippen molar-refractivity contribution in [2.75, 3.05) is 23.7 Å². The van der Waals surface area contributed by atoms with Crippen molar-refractivity contribution >= 4 is 59.3 Å². The van der Waals surface area contributed by atoms with E-state index in [1.807, 2.05) is 0 Å². The predicted octanol–water partition coefficient (Wildman–Crippen LogP) is 0.719. The number of carboxylic acids is 4. The van der Waals surface area contributed by atoms with E-state index in [9.17, 15) is 48.6 Å². The fraction of sp³-hybridized carbons (Fsp3) is 0.444. The summed E-state index contributed by atoms with van der Waals surface area (Å²) in [5.41, 5.74) is -2.51. The molecule has 0 spiro atoms. The van der Waals surface area contributed by atoms with Gasteiger partial charge in [0, 0.05) is 13.1 Å². The number of aromatic carboxylic acids is 4. The molecule has 2 heterocycles. The SMILES string of the molecule is CC(C)(C)OC(=O)N1CCC[C@H]1C(=O)Nc1cc(C(=O)O)ccc1C(=O)O.CC(C)(C)OC(=O)N1CCC[C@H]1C(=O)Nc1cc(C(=O)O)ccc1C(=O)O.O.O.O.O.O. The molecule has 2 aliphatic heterocycles. The number of ether oxygens (including phenoxy) is 2. The van der Waals surface area contributed by atoms with E-state index in [1.165, 1.54) is 9.80 Å². The van der Waals surface area contributed by atoms with Gasteiger partial charge in [0.2, 0.25) is 11.8 Å². The maximum atomic E-state index is 12.7. The lowest BCUT2D eigenvalue weighted by Crippen LogP contribution is -2.45. The minimum atomic E-state index is -1.31. The van der Waals surface area contributed by atoms with Gasteiger partial charge in [0.05, 0.1) is 33.6 Å². The van der Waals surface area contributed by atoms with Crippen LogP contribution >= 0.6 is 0 Å². The van der Waals surface area contributed by atoms with E-state index in [2.05, 4.69) is 10.6 Å². The molecule has 2 saturated heterocycles. The Labute approximate surface area is 337 Å². The summed E-state index contributed by atoms with van der Waals surface area (Å²) in [5.74, 6) is -6.31. The summed E-state index contributed by atoms with van der Waals surface area (Å²) in [6.07, 6.45) is 0.727. The lowest BCUT2D eigenvalue weighted by Gasteiger charge is -2.28. The van der Waals surface area contributed by atoms with Crippen molar-refractivity contribution in [2.45, 2.75) is 90.5 Å². The lowest BCUT2D eigenvalue weighted by atomic mass is 10.1. The standard InChI is InChI=1S/2C18H22N2O7.5H2O/c2*1-18(2,3)27-17(26)20-8-4-5-13(20)14(21)19-12-9-10(15(22)23)6-7-11(12)16(24)25;;;;;/h2*6-7,9,13H,4-5,8H2,1-3H3,(H,19,21)(H,22,23)(H,24,25);5*1H2/t2*13-;;;;;/m00...../s1. The second kappa shape index (κ2) is 23.1. The Bertz CT molecular complexity index is 1710. The normalized spacial score (nSPS) is 15.3. The Hall–Kier alpha value is -6.40. The molecule has 2 aliphatic rings. The number of amides is 4. The smallest absolute Gasteiger partial charge is 0.410 e. The monoisotopic (exact) mass is 846 g/mol. The number of rotatable bonds is 8. The molecular formula is C36H54N4O19. The van der Waals surface area contributed by atoms with Gasteiger partial charge in [0.15, 0.2) is 0 Å². The third kappa shape index (κ3) is 15.8. The number of benzene rings is 2. The van der Waals surface area contributed by atoms with Crippen molar-refractivity contribution in [3.05, 3.63) is 58.7 Å². The van der Waals surface area contributed by atoms with E-state index in [-0.39, 0.29) is 61.0 Å². The van der Waals surface area contributed by atoms with Gasteiger partial charge in [0.1, 0.15) is 23.3 Å². The average molecular weight is 847 g/mol. The van der Waals surface area contributed by atoms with Gasteiger partial charge in [-0.2, -0.15) is 0 Å². The van der Waals surface area contributed by atoms with Crippen LogP contribution in [0.25, 0.3) is 0 Å². The van der Waals surface area contributed by atoms with Crippen molar-refractivity contribution in [1.82, 2.24) is 9.80 Å². The maximum absolute atomic E-state index is 12.7. The van der Waals surface area contributed by atoms with E-state index < -0.39 is 71.2 Å². The lowest BCUT2D eigenvalue weighted by molar-refractivity contribution is -0.121. The molecule has 0 bridgehead atoms. The molecule has 59 heavy (non-hydrogen) atoms. The molecule has 16 N–H and O–H groups in total. The Morgan fingerprint density at radius 2 is 0.847 bits per heavy atom. The fourth-order valence-corrected chi connectivity index (χ4v) is 5.52. The number of nitrogens with one attached hydrogen (secondary N) is 2. The third-order valence-corrected chi connectivity index (χ3v) is 7.88. The van der Waals surface area contributed by atoms with E-state index in [1.54, 1.807) is 41.5 Å². The van der Waals surface area contributed by atoms with Gasteiger partial charge < -0.3 is 67.9 Å². The number of anilines is 2. The number of hydrogen-bond acceptors (Lipinski definition) is 10. The van der Waals surface area contributed by atoms with Crippen LogP contribution in [-0.2, 0) is 19.1 Å². The van der Waals surface area contributed by atoms with Crippen molar-refractivity contribution < 1.29 is 95.6 Å². The molecule has 2 fully saturated rings. The molecule has 23 heteroatoms. The first kappa shape index (κ1) is 56.9. The first-order valence-electron chi connectivity index (χ1n) is 16.8. The molecule has 0 aliphatic carbocycles. The van der Waals surface area contributed by atoms with Crippen molar-refractivity contribution in [2.24, 2.45) is 0 Å². The van der Waals surface area contributed by atoms with Crippen LogP contribution in [0.5, 0.6) is 0 Å². The van der Waals surface area contributed by atoms with Gasteiger partial charge in [-0.1, -0.05) is 0 Å². The quantitative estimate of drug-likeness (QED) is 0.213.